The average molecular weight is 348 g/mol. The van der Waals surface area contributed by atoms with E-state index in [9.17, 15) is 0 Å². The Labute approximate surface area is 144 Å². The molecule has 0 fully saturated rings. The number of fused-ring (bicyclic) bond motifs is 1. The normalized spacial score (nSPS) is 10.2. The Balaban J connectivity index is 0.00000192. The number of nitrogens with two attached hydrogens (primary N) is 2. The van der Waals surface area contributed by atoms with E-state index < -0.39 is 0 Å². The molecule has 0 aliphatic rings. The number of aryl methyl sites for hydroxylation is 1. The van der Waals surface area contributed by atoms with Crippen molar-refractivity contribution in [2.75, 3.05) is 0 Å². The number of hydrogen-bond donors (Lipinski definition) is 2. The van der Waals surface area contributed by atoms with Crippen LogP contribution >= 0.6 is 24.0 Å². The molecule has 0 radical (unpaired) electrons. The minimum Gasteiger partial charge on any atom is -0.370 e. The zero-order valence-electron chi connectivity index (χ0n) is 12.3. The van der Waals surface area contributed by atoms with E-state index in [4.69, 9.17) is 23.1 Å². The van der Waals surface area contributed by atoms with E-state index in [-0.39, 0.29) is 24.3 Å². The first-order chi connectivity index (χ1) is 10.5. The molecule has 23 heavy (non-hydrogen) atoms. The van der Waals surface area contributed by atoms with Gasteiger partial charge in [0, 0.05) is 16.0 Å². The maximum Gasteiger partial charge on any atom is 0.253 e. The van der Waals surface area contributed by atoms with Gasteiger partial charge in [0.2, 0.25) is 0 Å². The zero-order chi connectivity index (χ0) is 15.7. The first kappa shape index (κ1) is 17.0. The Kier molecular flexibility index (Phi) is 5.03. The molecule has 1 aromatic heterocycles. The Morgan fingerprint density at radius 2 is 1.74 bits per heavy atom. The highest BCUT2D eigenvalue weighted by atomic mass is 35.5. The van der Waals surface area contributed by atoms with Crippen LogP contribution in [0.15, 0.2) is 47.5 Å². The summed E-state index contributed by atoms with van der Waals surface area (Å²) < 4.78 is 0. The van der Waals surface area contributed by atoms with Crippen LogP contribution in [-0.2, 0) is 0 Å². The second kappa shape index (κ2) is 6.81. The molecule has 1 heterocycles. The molecular formula is C16H15Cl2N5. The zero-order valence-corrected chi connectivity index (χ0v) is 13.9. The highest BCUT2D eigenvalue weighted by molar-refractivity contribution is 6.31. The van der Waals surface area contributed by atoms with E-state index in [0.717, 1.165) is 22.2 Å². The number of nitrogens with zero attached hydrogens (tertiary/aromatic N) is 3. The van der Waals surface area contributed by atoms with E-state index in [1.165, 1.54) is 5.56 Å². The Morgan fingerprint density at radius 1 is 1.04 bits per heavy atom. The third kappa shape index (κ3) is 3.70. The molecule has 0 bridgehead atoms. The number of aliphatic imine (C=N–C) groups is 1. The third-order valence-corrected chi connectivity index (χ3v) is 3.44. The van der Waals surface area contributed by atoms with E-state index >= 15 is 0 Å². The van der Waals surface area contributed by atoms with E-state index in [1.54, 1.807) is 6.07 Å². The second-order valence-electron chi connectivity index (χ2n) is 4.94. The molecule has 4 N–H and O–H groups in total. The number of rotatable bonds is 2. The van der Waals surface area contributed by atoms with Crippen LogP contribution in [-0.4, -0.2) is 15.9 Å². The van der Waals surface area contributed by atoms with Crippen molar-refractivity contribution in [2.45, 2.75) is 6.92 Å². The summed E-state index contributed by atoms with van der Waals surface area (Å²) in [5.41, 5.74) is 14.5. The van der Waals surface area contributed by atoms with Crippen LogP contribution in [0.3, 0.4) is 0 Å². The van der Waals surface area contributed by atoms with Crippen molar-refractivity contribution in [1.29, 1.82) is 0 Å². The first-order valence-electron chi connectivity index (χ1n) is 6.67. The predicted octanol–water partition coefficient (Wildman–Crippen LogP) is 3.59. The van der Waals surface area contributed by atoms with Gasteiger partial charge < -0.3 is 11.5 Å². The SMILES string of the molecule is Cc1ccc(-c2nc(N=C(N)N)nc3ccc(Cl)cc23)cc1.Cl. The van der Waals surface area contributed by atoms with E-state index in [2.05, 4.69) is 15.0 Å². The molecule has 3 aromatic rings. The van der Waals surface area contributed by atoms with Gasteiger partial charge >= 0.3 is 0 Å². The fraction of sp³-hybridized carbons (Fsp3) is 0.0625. The van der Waals surface area contributed by atoms with Crippen molar-refractivity contribution in [3.05, 3.63) is 53.1 Å². The lowest BCUT2D eigenvalue weighted by molar-refractivity contribution is 1.17. The highest BCUT2D eigenvalue weighted by Gasteiger charge is 2.10. The highest BCUT2D eigenvalue weighted by Crippen LogP contribution is 2.30. The molecule has 0 aliphatic heterocycles. The number of halogens is 2. The minimum atomic E-state index is -0.0804. The molecule has 118 valence electrons. The predicted molar refractivity (Wildman–Crippen MR) is 97.4 cm³/mol. The summed E-state index contributed by atoms with van der Waals surface area (Å²) in [5, 5.41) is 1.48. The number of guanidine groups is 1. The summed E-state index contributed by atoms with van der Waals surface area (Å²) in [4.78, 5) is 12.8. The van der Waals surface area contributed by atoms with Crippen molar-refractivity contribution < 1.29 is 0 Å². The third-order valence-electron chi connectivity index (χ3n) is 3.20. The summed E-state index contributed by atoms with van der Waals surface area (Å²) in [7, 11) is 0. The van der Waals surface area contributed by atoms with Gasteiger partial charge in [0.15, 0.2) is 5.96 Å². The number of aromatic nitrogens is 2. The van der Waals surface area contributed by atoms with Crippen LogP contribution in [0.4, 0.5) is 5.95 Å². The van der Waals surface area contributed by atoms with Gasteiger partial charge in [-0.1, -0.05) is 41.4 Å². The van der Waals surface area contributed by atoms with Crippen molar-refractivity contribution >= 4 is 46.8 Å². The van der Waals surface area contributed by atoms with Crippen LogP contribution in [0.1, 0.15) is 5.56 Å². The standard InChI is InChI=1S/C16H14ClN5.ClH/c1-9-2-4-10(5-3-9)14-12-8-11(17)6-7-13(12)20-16(21-14)22-15(18)19;/h2-8H,1H3,(H4,18,19,20,21,22);1H. The van der Waals surface area contributed by atoms with Crippen LogP contribution in [0.2, 0.25) is 5.02 Å². The topological polar surface area (TPSA) is 90.2 Å². The Morgan fingerprint density at radius 3 is 2.39 bits per heavy atom. The molecule has 2 aromatic carbocycles. The smallest absolute Gasteiger partial charge is 0.253 e. The lowest BCUT2D eigenvalue weighted by atomic mass is 10.1. The van der Waals surface area contributed by atoms with Gasteiger partial charge in [-0.15, -0.1) is 12.4 Å². The number of benzene rings is 2. The summed E-state index contributed by atoms with van der Waals surface area (Å²) in [6.07, 6.45) is 0. The molecule has 3 rings (SSSR count). The average Bonchev–Trinajstić information content (AvgIpc) is 2.47. The van der Waals surface area contributed by atoms with Crippen LogP contribution in [0, 0.1) is 6.92 Å². The van der Waals surface area contributed by atoms with Gasteiger partial charge in [0.25, 0.3) is 5.95 Å². The molecule has 7 heteroatoms. The van der Waals surface area contributed by atoms with Gasteiger partial charge in [-0.2, -0.15) is 4.99 Å². The van der Waals surface area contributed by atoms with Gasteiger partial charge in [-0.25, -0.2) is 9.97 Å². The molecular weight excluding hydrogens is 333 g/mol. The van der Waals surface area contributed by atoms with Crippen molar-refractivity contribution in [3.8, 4) is 11.3 Å². The molecule has 0 saturated heterocycles. The summed E-state index contributed by atoms with van der Waals surface area (Å²) in [6.45, 7) is 2.03. The molecule has 0 saturated carbocycles. The second-order valence-corrected chi connectivity index (χ2v) is 5.37. The molecule has 0 unspecified atom stereocenters. The molecule has 0 aliphatic carbocycles. The van der Waals surface area contributed by atoms with Gasteiger partial charge in [-0.3, -0.25) is 0 Å². The van der Waals surface area contributed by atoms with Crippen LogP contribution in [0.25, 0.3) is 22.2 Å². The Bertz CT molecular complexity index is 872. The van der Waals surface area contributed by atoms with E-state index in [0.29, 0.717) is 5.02 Å². The molecule has 5 nitrogen and oxygen atoms in total. The summed E-state index contributed by atoms with van der Waals surface area (Å²) in [5.74, 6) is 0.147. The lowest BCUT2D eigenvalue weighted by Gasteiger charge is -2.08. The molecule has 0 atom stereocenters. The summed E-state index contributed by atoms with van der Waals surface area (Å²) in [6, 6.07) is 13.5. The van der Waals surface area contributed by atoms with Gasteiger partial charge in [0.1, 0.15) is 0 Å². The molecule has 0 amide bonds. The number of hydrogen-bond acceptors (Lipinski definition) is 3. The fourth-order valence-corrected chi connectivity index (χ4v) is 2.36. The molecule has 0 spiro atoms. The monoisotopic (exact) mass is 347 g/mol. The van der Waals surface area contributed by atoms with E-state index in [1.807, 2.05) is 43.3 Å². The Hall–Kier alpha value is -2.37. The van der Waals surface area contributed by atoms with Crippen molar-refractivity contribution in [3.63, 3.8) is 0 Å². The first-order valence-corrected chi connectivity index (χ1v) is 7.05. The fourth-order valence-electron chi connectivity index (χ4n) is 2.19. The minimum absolute atomic E-state index is 0. The largest absolute Gasteiger partial charge is 0.370 e. The van der Waals surface area contributed by atoms with Crippen LogP contribution in [0.5, 0.6) is 0 Å². The van der Waals surface area contributed by atoms with Crippen molar-refractivity contribution in [1.82, 2.24) is 9.97 Å². The quantitative estimate of drug-likeness (QED) is 0.547. The van der Waals surface area contributed by atoms with Crippen molar-refractivity contribution in [2.24, 2.45) is 16.5 Å². The maximum absolute atomic E-state index is 6.10. The summed E-state index contributed by atoms with van der Waals surface area (Å²) >= 11 is 6.10. The maximum atomic E-state index is 6.10. The van der Waals surface area contributed by atoms with Crippen LogP contribution < -0.4 is 11.5 Å². The van der Waals surface area contributed by atoms with Gasteiger partial charge in [0.05, 0.1) is 11.2 Å². The lowest BCUT2D eigenvalue weighted by Crippen LogP contribution is -2.22. The van der Waals surface area contributed by atoms with Gasteiger partial charge in [-0.05, 0) is 25.1 Å².